The van der Waals surface area contributed by atoms with Gasteiger partial charge in [0.1, 0.15) is 0 Å². The van der Waals surface area contributed by atoms with Gasteiger partial charge in [-0.3, -0.25) is 0 Å². The average molecular weight is 365 g/mol. The van der Waals surface area contributed by atoms with Gasteiger partial charge in [-0.15, -0.1) is 0 Å². The molecular weight excluding hydrogens is 365 g/mol. The first kappa shape index (κ1) is 23.6. The Hall–Kier alpha value is 3.50. The standard InChI is InChI=1S/Co.Cu.La.O.Sr. The summed E-state index contributed by atoms with van der Waals surface area (Å²) in [7, 11) is 0. The van der Waals surface area contributed by atoms with Crippen LogP contribution in [0.15, 0.2) is 0 Å². The second kappa shape index (κ2) is 25.9. The first-order chi connectivity index (χ1) is 1.00. The first-order valence-corrected chi connectivity index (χ1v) is 0.508. The molecule has 0 aromatic carbocycles. The maximum atomic E-state index is 7.81. The maximum Gasteiger partial charge on any atom is 0 e. The molecule has 0 unspecified atom stereocenters. The Balaban J connectivity index is -0.00000000167. The van der Waals surface area contributed by atoms with E-state index in [1.165, 1.54) is 0 Å². The third kappa shape index (κ3) is 18.5. The second-order valence-corrected chi connectivity index (χ2v) is 0. The van der Waals surface area contributed by atoms with E-state index in [2.05, 4.69) is 15.9 Å². The van der Waals surface area contributed by atoms with E-state index in [4.69, 9.17) is 3.83 Å². The molecule has 0 aromatic heterocycles. The van der Waals surface area contributed by atoms with Gasteiger partial charge in [0, 0.05) is 97.9 Å². The van der Waals surface area contributed by atoms with Gasteiger partial charge in [-0.05, 0) is 0 Å². The number of hydrogen-bond donors (Lipinski definition) is 0. The third-order valence-electron chi connectivity index (χ3n) is 0. The predicted molar refractivity (Wildman–Crippen MR) is 6.44 cm³/mol. The molecule has 0 N–H and O–H groups in total. The molecule has 0 saturated carbocycles. The minimum atomic E-state index is 0. The van der Waals surface area contributed by atoms with Gasteiger partial charge in [-0.1, -0.05) is 0 Å². The van der Waals surface area contributed by atoms with Crippen LogP contribution in [0, 0.1) is 35.6 Å². The SMILES string of the molecule is [Co].[La].[O]=[Cu].[Sr]. The van der Waals surface area contributed by atoms with Gasteiger partial charge in [0.2, 0.25) is 0 Å². The van der Waals surface area contributed by atoms with Crippen LogP contribution in [0.4, 0.5) is 0 Å². The van der Waals surface area contributed by atoms with E-state index < -0.39 is 0 Å². The summed E-state index contributed by atoms with van der Waals surface area (Å²) in [6, 6.07) is 0. The molecule has 31 valence electrons. The van der Waals surface area contributed by atoms with Gasteiger partial charge >= 0.3 is 19.8 Å². The Morgan fingerprint density at radius 2 is 1.20 bits per heavy atom. The summed E-state index contributed by atoms with van der Waals surface area (Å²) in [6.45, 7) is 0. The first-order valence-electron chi connectivity index (χ1n) is 0.123. The van der Waals surface area contributed by atoms with Crippen LogP contribution < -0.4 is 0 Å². The van der Waals surface area contributed by atoms with E-state index in [9.17, 15) is 0 Å². The zero-order chi connectivity index (χ0) is 2.00. The molecule has 4 radical (unpaired) electrons. The molecule has 0 bridgehead atoms. The summed E-state index contributed by atoms with van der Waals surface area (Å²) in [4.78, 5) is 0. The topological polar surface area (TPSA) is 17.1 Å². The molecule has 0 spiro atoms. The van der Waals surface area contributed by atoms with Crippen molar-refractivity contribution in [3.63, 3.8) is 0 Å². The van der Waals surface area contributed by atoms with Gasteiger partial charge in [-0.2, -0.15) is 0 Å². The van der Waals surface area contributed by atoms with Crippen molar-refractivity contribution >= 4 is 45.5 Å². The molecule has 0 amide bonds. The average Bonchev–Trinajstić information content (AvgIpc) is 1.00. The Morgan fingerprint density at radius 3 is 1.20 bits per heavy atom. The molecule has 0 fully saturated rings. The number of rotatable bonds is 0. The molecule has 0 atom stereocenters. The monoisotopic (exact) mass is 365 g/mol. The molecular formula is CoCuLaOSr. The zero-order valence-electron chi connectivity index (χ0n) is 2.33. The molecule has 0 aliphatic carbocycles. The van der Waals surface area contributed by atoms with E-state index in [-0.39, 0.29) is 97.9 Å². The Kier molecular flexibility index (Phi) is 122. The van der Waals surface area contributed by atoms with Gasteiger partial charge in [0.25, 0.3) is 0 Å². The largest absolute Gasteiger partial charge is 0 e. The van der Waals surface area contributed by atoms with Crippen molar-refractivity contribution in [1.82, 2.24) is 0 Å². The second-order valence-electron chi connectivity index (χ2n) is 0. The van der Waals surface area contributed by atoms with Crippen LogP contribution in [0.1, 0.15) is 0 Å². The number of hydrogen-bond acceptors (Lipinski definition) is 1. The van der Waals surface area contributed by atoms with E-state index in [0.717, 1.165) is 0 Å². The summed E-state index contributed by atoms with van der Waals surface area (Å²) >= 11 is 2.94. The van der Waals surface area contributed by atoms with Crippen molar-refractivity contribution < 1.29 is 72.2 Å². The van der Waals surface area contributed by atoms with E-state index in [0.29, 0.717) is 0 Å². The van der Waals surface area contributed by atoms with Crippen LogP contribution in [0.2, 0.25) is 0 Å². The molecule has 0 aromatic rings. The Bertz CT molecular complexity index is 11.6. The predicted octanol–water partition coefficient (Wildman–Crippen LogP) is -0.505. The summed E-state index contributed by atoms with van der Waals surface area (Å²) in [5.74, 6) is 0. The summed E-state index contributed by atoms with van der Waals surface area (Å²) in [5, 5.41) is 0. The molecule has 0 heterocycles. The molecule has 0 aliphatic heterocycles. The molecule has 0 rings (SSSR count). The van der Waals surface area contributed by atoms with Gasteiger partial charge < -0.3 is 0 Å². The van der Waals surface area contributed by atoms with Crippen LogP contribution in [-0.4, -0.2) is 45.5 Å². The van der Waals surface area contributed by atoms with E-state index >= 15 is 0 Å². The van der Waals surface area contributed by atoms with Crippen molar-refractivity contribution in [3.05, 3.63) is 0 Å². The van der Waals surface area contributed by atoms with Crippen LogP contribution in [0.25, 0.3) is 0 Å². The van der Waals surface area contributed by atoms with Gasteiger partial charge in [0.15, 0.2) is 0 Å². The van der Waals surface area contributed by atoms with Crippen LogP contribution >= 0.6 is 0 Å². The third-order valence-corrected chi connectivity index (χ3v) is 0. The van der Waals surface area contributed by atoms with Crippen molar-refractivity contribution in [2.75, 3.05) is 0 Å². The van der Waals surface area contributed by atoms with Crippen molar-refractivity contribution in [3.8, 4) is 0 Å². The van der Waals surface area contributed by atoms with Crippen LogP contribution in [0.5, 0.6) is 0 Å². The molecule has 1 nitrogen and oxygen atoms in total. The minimum Gasteiger partial charge on any atom is 0 e. The molecule has 5 heavy (non-hydrogen) atoms. The summed E-state index contributed by atoms with van der Waals surface area (Å²) < 4.78 is 7.81. The van der Waals surface area contributed by atoms with Gasteiger partial charge in [0.05, 0.1) is 0 Å². The summed E-state index contributed by atoms with van der Waals surface area (Å²) in [6.07, 6.45) is 0. The van der Waals surface area contributed by atoms with E-state index in [1.54, 1.807) is 0 Å². The normalized spacial score (nSPS) is 1.20. The molecule has 5 heteroatoms. The quantitative estimate of drug-likeness (QED) is 0.529. The maximum absolute atomic E-state index is 7.81. The van der Waals surface area contributed by atoms with Crippen molar-refractivity contribution in [2.45, 2.75) is 0 Å². The minimum absolute atomic E-state index is 0. The fourth-order valence-corrected chi connectivity index (χ4v) is 0. The fourth-order valence-electron chi connectivity index (χ4n) is 0. The molecule has 0 aliphatic rings. The smallest absolute Gasteiger partial charge is 0 e. The zero-order valence-corrected chi connectivity index (χ0v) is 11.4. The Morgan fingerprint density at radius 1 is 1.20 bits per heavy atom. The van der Waals surface area contributed by atoms with Crippen molar-refractivity contribution in [2.24, 2.45) is 0 Å². The van der Waals surface area contributed by atoms with E-state index in [1.807, 2.05) is 0 Å². The van der Waals surface area contributed by atoms with Gasteiger partial charge in [-0.25, -0.2) is 0 Å². The fraction of sp³-hybridized carbons (Fsp3) is 0. The Labute approximate surface area is 114 Å². The molecule has 0 saturated heterocycles. The summed E-state index contributed by atoms with van der Waals surface area (Å²) in [5.41, 5.74) is 0. The van der Waals surface area contributed by atoms with Crippen LogP contribution in [0.3, 0.4) is 0 Å². The van der Waals surface area contributed by atoms with Crippen molar-refractivity contribution in [1.29, 1.82) is 0 Å². The van der Waals surface area contributed by atoms with Crippen LogP contribution in [-0.2, 0) is 36.6 Å².